The number of nitrogens with zero attached hydrogens (tertiary/aromatic N) is 3. The fraction of sp³-hybridized carbons (Fsp3) is 0.280. The number of H-pyrrole nitrogens is 1. The molecular weight excluding hydrogens is 432 g/mol. The van der Waals surface area contributed by atoms with Gasteiger partial charge in [0.1, 0.15) is 18.0 Å². The Balaban J connectivity index is 0.000000271. The number of rotatable bonds is 8. The van der Waals surface area contributed by atoms with Crippen LogP contribution in [0.5, 0.6) is 0 Å². The van der Waals surface area contributed by atoms with Gasteiger partial charge in [-0.1, -0.05) is 42.5 Å². The summed E-state index contributed by atoms with van der Waals surface area (Å²) in [4.78, 5) is 28.2. The summed E-state index contributed by atoms with van der Waals surface area (Å²) in [5.41, 5.74) is 8.78. The summed E-state index contributed by atoms with van der Waals surface area (Å²) in [5.74, 6) is 0.212. The highest BCUT2D eigenvalue weighted by atomic mass is 16.5. The molecule has 1 aliphatic rings. The number of ether oxygens (including phenoxy) is 1. The molecular formula is C25H30N6O3. The molecule has 9 heteroatoms. The van der Waals surface area contributed by atoms with E-state index in [-0.39, 0.29) is 11.6 Å². The van der Waals surface area contributed by atoms with Gasteiger partial charge in [-0.25, -0.2) is 4.99 Å². The normalized spacial score (nSPS) is 15.5. The molecule has 1 unspecified atom stereocenters. The van der Waals surface area contributed by atoms with Crippen LogP contribution in [0.4, 0.5) is 17.3 Å². The average Bonchev–Trinajstić information content (AvgIpc) is 3.43. The third kappa shape index (κ3) is 7.01. The van der Waals surface area contributed by atoms with Gasteiger partial charge in [-0.15, -0.1) is 0 Å². The van der Waals surface area contributed by atoms with Crippen molar-refractivity contribution in [3.8, 4) is 0 Å². The number of hydrogen-bond acceptors (Lipinski definition) is 7. The molecule has 1 aromatic heterocycles. The number of primary amides is 1. The zero-order chi connectivity index (χ0) is 24.3. The van der Waals surface area contributed by atoms with Crippen LogP contribution in [0.25, 0.3) is 0 Å². The van der Waals surface area contributed by atoms with Gasteiger partial charge in [-0.05, 0) is 56.6 Å². The van der Waals surface area contributed by atoms with Gasteiger partial charge in [0, 0.05) is 17.9 Å². The molecule has 1 fully saturated rings. The molecule has 1 atom stereocenters. The summed E-state index contributed by atoms with van der Waals surface area (Å²) in [5, 5.41) is 10.1. The standard InChI is InChI=1S/C17H22N6O.C8H8O2/c1-11-5-3-6-12(9-11)20-17-14(15(18)24)16(21-22-17)19-10-13-7-4-8-23(13)2;9-7-10-6-8-4-2-1-3-5-8/h3,5-6,9-10,13H,4,7-8H2,1-2H3,(H2,18,24)(H2,20,21,22);1-5,7H,6H2. The molecule has 2 aromatic carbocycles. The van der Waals surface area contributed by atoms with Crippen LogP contribution in [-0.4, -0.2) is 53.3 Å². The van der Waals surface area contributed by atoms with E-state index in [0.29, 0.717) is 24.7 Å². The van der Waals surface area contributed by atoms with Gasteiger partial charge in [0.2, 0.25) is 0 Å². The molecule has 2 heterocycles. The van der Waals surface area contributed by atoms with Crippen LogP contribution in [0, 0.1) is 6.92 Å². The van der Waals surface area contributed by atoms with Crippen LogP contribution >= 0.6 is 0 Å². The first-order chi connectivity index (χ1) is 16.5. The van der Waals surface area contributed by atoms with Crippen LogP contribution < -0.4 is 11.1 Å². The van der Waals surface area contributed by atoms with Crippen molar-refractivity contribution in [2.24, 2.45) is 10.7 Å². The van der Waals surface area contributed by atoms with Gasteiger partial charge in [0.05, 0.1) is 0 Å². The Kier molecular flexibility index (Phi) is 8.93. The Hall–Kier alpha value is -3.98. The lowest BCUT2D eigenvalue weighted by atomic mass is 10.2. The largest absolute Gasteiger partial charge is 0.463 e. The summed E-state index contributed by atoms with van der Waals surface area (Å²) in [6.45, 7) is 3.87. The molecule has 4 rings (SSSR count). The molecule has 9 nitrogen and oxygen atoms in total. The molecule has 1 amide bonds. The predicted octanol–water partition coefficient (Wildman–Crippen LogP) is 3.72. The topological polar surface area (TPSA) is 126 Å². The average molecular weight is 463 g/mol. The van der Waals surface area contributed by atoms with Crippen LogP contribution in [0.3, 0.4) is 0 Å². The summed E-state index contributed by atoms with van der Waals surface area (Å²) in [6.07, 6.45) is 4.05. The van der Waals surface area contributed by atoms with E-state index in [1.807, 2.05) is 67.7 Å². The number of carbonyl (C=O) groups is 2. The molecule has 0 saturated carbocycles. The lowest BCUT2D eigenvalue weighted by molar-refractivity contribution is -0.129. The number of aromatic nitrogens is 2. The van der Waals surface area contributed by atoms with Crippen molar-refractivity contribution in [1.82, 2.24) is 15.1 Å². The molecule has 3 aromatic rings. The van der Waals surface area contributed by atoms with Crippen molar-refractivity contribution in [3.63, 3.8) is 0 Å². The number of amides is 1. The number of aromatic amines is 1. The van der Waals surface area contributed by atoms with E-state index in [2.05, 4.69) is 37.2 Å². The molecule has 1 aliphatic heterocycles. The molecule has 178 valence electrons. The van der Waals surface area contributed by atoms with Gasteiger partial charge in [0.25, 0.3) is 12.4 Å². The first-order valence-electron chi connectivity index (χ1n) is 11.0. The number of benzene rings is 2. The molecule has 0 spiro atoms. The van der Waals surface area contributed by atoms with E-state index in [4.69, 9.17) is 5.73 Å². The second-order valence-electron chi connectivity index (χ2n) is 8.02. The van der Waals surface area contributed by atoms with Crippen LogP contribution in [0.15, 0.2) is 59.6 Å². The highest BCUT2D eigenvalue weighted by Gasteiger charge is 2.21. The maximum absolute atomic E-state index is 11.9. The lowest BCUT2D eigenvalue weighted by Crippen LogP contribution is -2.25. The van der Waals surface area contributed by atoms with E-state index in [0.717, 1.165) is 36.2 Å². The van der Waals surface area contributed by atoms with Crippen molar-refractivity contribution in [1.29, 1.82) is 0 Å². The SMILES string of the molecule is Cc1cccc(Nc2[nH]nc(N=CC3CCCN3C)c2C(N)=O)c1.O=COCc1ccccc1. The number of nitrogens with one attached hydrogen (secondary N) is 2. The van der Waals surface area contributed by atoms with Gasteiger partial charge < -0.3 is 15.8 Å². The van der Waals surface area contributed by atoms with Crippen molar-refractivity contribution >= 4 is 35.9 Å². The van der Waals surface area contributed by atoms with Gasteiger partial charge in [-0.2, -0.15) is 5.10 Å². The van der Waals surface area contributed by atoms with Gasteiger partial charge in [-0.3, -0.25) is 19.6 Å². The molecule has 0 bridgehead atoms. The van der Waals surface area contributed by atoms with Crippen LogP contribution in [0.2, 0.25) is 0 Å². The molecule has 0 aliphatic carbocycles. The van der Waals surface area contributed by atoms with E-state index >= 15 is 0 Å². The van der Waals surface area contributed by atoms with Crippen molar-refractivity contribution < 1.29 is 14.3 Å². The van der Waals surface area contributed by atoms with E-state index < -0.39 is 5.91 Å². The quantitative estimate of drug-likeness (QED) is 0.346. The van der Waals surface area contributed by atoms with Gasteiger partial charge in [0.15, 0.2) is 5.82 Å². The van der Waals surface area contributed by atoms with E-state index in [1.165, 1.54) is 0 Å². The Morgan fingerprint density at radius 2 is 2.09 bits per heavy atom. The Bertz CT molecular complexity index is 1110. The van der Waals surface area contributed by atoms with Crippen molar-refractivity contribution in [2.45, 2.75) is 32.4 Å². The Morgan fingerprint density at radius 3 is 2.74 bits per heavy atom. The summed E-state index contributed by atoms with van der Waals surface area (Å²) in [6, 6.07) is 17.6. The highest BCUT2D eigenvalue weighted by Crippen LogP contribution is 2.27. The smallest absolute Gasteiger partial charge is 0.293 e. The first kappa shape index (κ1) is 24.7. The van der Waals surface area contributed by atoms with E-state index in [9.17, 15) is 9.59 Å². The third-order valence-electron chi connectivity index (χ3n) is 5.39. The highest BCUT2D eigenvalue weighted by molar-refractivity contribution is 6.03. The van der Waals surface area contributed by atoms with Crippen molar-refractivity contribution in [3.05, 3.63) is 71.3 Å². The maximum Gasteiger partial charge on any atom is 0.293 e. The van der Waals surface area contributed by atoms with Crippen LogP contribution in [-0.2, 0) is 16.1 Å². The zero-order valence-corrected chi connectivity index (χ0v) is 19.4. The number of nitrogens with two attached hydrogens (primary N) is 1. The minimum atomic E-state index is -0.564. The second kappa shape index (κ2) is 12.3. The van der Waals surface area contributed by atoms with Crippen molar-refractivity contribution in [2.75, 3.05) is 18.9 Å². The molecule has 1 saturated heterocycles. The fourth-order valence-electron chi connectivity index (χ4n) is 3.60. The lowest BCUT2D eigenvalue weighted by Gasteiger charge is -2.13. The summed E-state index contributed by atoms with van der Waals surface area (Å²) in [7, 11) is 2.06. The third-order valence-corrected chi connectivity index (χ3v) is 5.39. The number of aliphatic imine (C=N–C) groups is 1. The fourth-order valence-corrected chi connectivity index (χ4v) is 3.60. The minimum Gasteiger partial charge on any atom is -0.463 e. The number of likely N-dealkylation sites (tertiary alicyclic amines) is 1. The Morgan fingerprint density at radius 1 is 1.29 bits per heavy atom. The Labute approximate surface area is 199 Å². The number of hydrogen-bond donors (Lipinski definition) is 3. The monoisotopic (exact) mass is 462 g/mol. The molecule has 34 heavy (non-hydrogen) atoms. The predicted molar refractivity (Wildman–Crippen MR) is 133 cm³/mol. The maximum atomic E-state index is 11.9. The number of aryl methyl sites for hydroxylation is 1. The van der Waals surface area contributed by atoms with E-state index in [1.54, 1.807) is 0 Å². The summed E-state index contributed by atoms with van der Waals surface area (Å²) >= 11 is 0. The second-order valence-corrected chi connectivity index (χ2v) is 8.02. The van der Waals surface area contributed by atoms with Crippen LogP contribution in [0.1, 0.15) is 34.3 Å². The number of carbonyl (C=O) groups excluding carboxylic acids is 2. The summed E-state index contributed by atoms with van der Waals surface area (Å²) < 4.78 is 4.54. The molecule has 0 radical (unpaired) electrons. The van der Waals surface area contributed by atoms with Gasteiger partial charge >= 0.3 is 0 Å². The molecule has 4 N–H and O–H groups in total. The zero-order valence-electron chi connectivity index (χ0n) is 19.4. The number of anilines is 2. The minimum absolute atomic E-state index is 0.272. The first-order valence-corrected chi connectivity index (χ1v) is 11.0.